The first kappa shape index (κ1) is 23.7. The average molecular weight is 537 g/mol. The van der Waals surface area contributed by atoms with Gasteiger partial charge in [-0.15, -0.1) is 10.2 Å². The van der Waals surface area contributed by atoms with E-state index in [1.165, 1.54) is 18.7 Å². The molecule has 34 heavy (non-hydrogen) atoms. The minimum Gasteiger partial charge on any atom is -0.486 e. The fourth-order valence-electron chi connectivity index (χ4n) is 3.15. The Bertz CT molecular complexity index is 1290. The van der Waals surface area contributed by atoms with Gasteiger partial charge in [0.15, 0.2) is 16.8 Å². The lowest BCUT2D eigenvalue weighted by Gasteiger charge is -2.11. The molecule has 0 aliphatic carbocycles. The Labute approximate surface area is 209 Å². The van der Waals surface area contributed by atoms with Crippen molar-refractivity contribution in [3.63, 3.8) is 0 Å². The Morgan fingerprint density at radius 3 is 2.50 bits per heavy atom. The maximum atomic E-state index is 12.6. The van der Waals surface area contributed by atoms with Crippen molar-refractivity contribution in [1.82, 2.24) is 14.8 Å². The van der Waals surface area contributed by atoms with Gasteiger partial charge in [0.25, 0.3) is 0 Å². The highest BCUT2D eigenvalue weighted by molar-refractivity contribution is 9.10. The van der Waals surface area contributed by atoms with E-state index in [2.05, 4.69) is 31.4 Å². The lowest BCUT2D eigenvalue weighted by atomic mass is 10.1. The van der Waals surface area contributed by atoms with E-state index in [1.54, 1.807) is 24.3 Å². The summed E-state index contributed by atoms with van der Waals surface area (Å²) in [5.41, 5.74) is 2.00. The number of nitrogens with zero attached hydrogens (tertiary/aromatic N) is 3. The predicted molar refractivity (Wildman–Crippen MR) is 136 cm³/mol. The van der Waals surface area contributed by atoms with Crippen LogP contribution in [0, 0.1) is 0 Å². The van der Waals surface area contributed by atoms with Crippen LogP contribution in [0.2, 0.25) is 0 Å². The average Bonchev–Trinajstić information content (AvgIpc) is 3.26. The topological polar surface area (TPSA) is 86.1 Å². The van der Waals surface area contributed by atoms with Crippen LogP contribution in [0.15, 0.2) is 88.5 Å². The van der Waals surface area contributed by atoms with Gasteiger partial charge in [-0.2, -0.15) is 0 Å². The molecule has 1 aromatic heterocycles. The third kappa shape index (κ3) is 6.12. The van der Waals surface area contributed by atoms with Gasteiger partial charge in [-0.3, -0.25) is 14.2 Å². The van der Waals surface area contributed by atoms with Crippen molar-refractivity contribution in [3.05, 3.63) is 94.7 Å². The molecule has 1 amide bonds. The lowest BCUT2D eigenvalue weighted by molar-refractivity contribution is -0.113. The number of hydrogen-bond donors (Lipinski definition) is 1. The number of carbonyl (C=O) groups is 2. The monoisotopic (exact) mass is 536 g/mol. The molecule has 7 nitrogen and oxygen atoms in total. The number of ether oxygens (including phenoxy) is 1. The minimum atomic E-state index is -0.207. The van der Waals surface area contributed by atoms with Crippen molar-refractivity contribution in [1.29, 1.82) is 0 Å². The van der Waals surface area contributed by atoms with Crippen molar-refractivity contribution in [3.8, 4) is 11.4 Å². The summed E-state index contributed by atoms with van der Waals surface area (Å²) in [6, 6.07) is 24.1. The molecule has 0 saturated heterocycles. The van der Waals surface area contributed by atoms with E-state index < -0.39 is 0 Å². The van der Waals surface area contributed by atoms with Crippen LogP contribution in [0.3, 0.4) is 0 Å². The zero-order valence-electron chi connectivity index (χ0n) is 18.3. The first-order valence-corrected chi connectivity index (χ1v) is 12.2. The fourth-order valence-corrected chi connectivity index (χ4v) is 4.18. The number of aromatic nitrogens is 3. The summed E-state index contributed by atoms with van der Waals surface area (Å²) in [7, 11) is 0. The zero-order chi connectivity index (χ0) is 23.9. The molecule has 0 bridgehead atoms. The molecule has 0 saturated carbocycles. The molecule has 4 aromatic rings. The normalized spacial score (nSPS) is 10.6. The SMILES string of the molecule is CC(=O)c1cccc(NC(=O)CSc2nnc(COc3ccc(Br)cc3)n2-c2ccccc2)c1. The third-order valence-corrected chi connectivity index (χ3v) is 6.24. The van der Waals surface area contributed by atoms with Gasteiger partial charge in [-0.05, 0) is 55.5 Å². The van der Waals surface area contributed by atoms with Gasteiger partial charge in [0.05, 0.1) is 5.75 Å². The fraction of sp³-hybridized carbons (Fsp3) is 0.120. The van der Waals surface area contributed by atoms with Crippen molar-refractivity contribution >= 4 is 45.1 Å². The van der Waals surface area contributed by atoms with E-state index in [9.17, 15) is 9.59 Å². The van der Waals surface area contributed by atoms with E-state index >= 15 is 0 Å². The molecule has 0 spiro atoms. The molecule has 3 aromatic carbocycles. The predicted octanol–water partition coefficient (Wildman–Crippen LogP) is 5.54. The second-order valence-corrected chi connectivity index (χ2v) is 9.14. The highest BCUT2D eigenvalue weighted by atomic mass is 79.9. The number of thioether (sulfide) groups is 1. The van der Waals surface area contributed by atoms with Crippen molar-refractivity contribution in [2.45, 2.75) is 18.7 Å². The number of carbonyl (C=O) groups excluding carboxylic acids is 2. The van der Waals surface area contributed by atoms with Gasteiger partial charge in [0.1, 0.15) is 12.4 Å². The Hall–Kier alpha value is -3.43. The van der Waals surface area contributed by atoms with Crippen LogP contribution in [-0.2, 0) is 11.4 Å². The lowest BCUT2D eigenvalue weighted by Crippen LogP contribution is -2.15. The van der Waals surface area contributed by atoms with Gasteiger partial charge < -0.3 is 10.1 Å². The Morgan fingerprint density at radius 2 is 1.76 bits per heavy atom. The first-order chi connectivity index (χ1) is 16.5. The van der Waals surface area contributed by atoms with Gasteiger partial charge in [0, 0.05) is 21.4 Å². The number of nitrogens with one attached hydrogen (secondary N) is 1. The van der Waals surface area contributed by atoms with E-state index in [4.69, 9.17) is 4.74 Å². The molecule has 1 N–H and O–H groups in total. The van der Waals surface area contributed by atoms with Gasteiger partial charge in [0.2, 0.25) is 5.91 Å². The van der Waals surface area contributed by atoms with Crippen molar-refractivity contribution in [2.24, 2.45) is 0 Å². The summed E-state index contributed by atoms with van der Waals surface area (Å²) >= 11 is 4.69. The molecule has 0 fully saturated rings. The highest BCUT2D eigenvalue weighted by Gasteiger charge is 2.17. The molecular weight excluding hydrogens is 516 g/mol. The standard InChI is InChI=1S/C25H21BrN4O3S/c1-17(31)18-6-5-7-20(14-18)27-24(32)16-34-25-29-28-23(30(25)21-8-3-2-4-9-21)15-33-22-12-10-19(26)11-13-22/h2-14H,15-16H2,1H3,(H,27,32). The van der Waals surface area contributed by atoms with Crippen LogP contribution >= 0.6 is 27.7 Å². The minimum absolute atomic E-state index is 0.0562. The van der Waals surface area contributed by atoms with E-state index in [0.29, 0.717) is 28.0 Å². The maximum absolute atomic E-state index is 12.6. The van der Waals surface area contributed by atoms with Crippen LogP contribution in [0.1, 0.15) is 23.1 Å². The largest absolute Gasteiger partial charge is 0.486 e. The Kier molecular flexibility index (Phi) is 7.76. The van der Waals surface area contributed by atoms with Crippen LogP contribution in [0.5, 0.6) is 5.75 Å². The summed E-state index contributed by atoms with van der Waals surface area (Å²) in [5.74, 6) is 1.20. The van der Waals surface area contributed by atoms with Crippen LogP contribution in [0.25, 0.3) is 5.69 Å². The number of rotatable bonds is 9. The number of ketones is 1. The Morgan fingerprint density at radius 1 is 1.00 bits per heavy atom. The smallest absolute Gasteiger partial charge is 0.234 e. The van der Waals surface area contributed by atoms with Gasteiger partial charge in [-0.25, -0.2) is 0 Å². The number of hydrogen-bond acceptors (Lipinski definition) is 6. The highest BCUT2D eigenvalue weighted by Crippen LogP contribution is 2.24. The second kappa shape index (κ2) is 11.1. The zero-order valence-corrected chi connectivity index (χ0v) is 20.7. The Balaban J connectivity index is 1.47. The number of benzene rings is 3. The van der Waals surface area contributed by atoms with E-state index in [0.717, 1.165) is 10.2 Å². The molecule has 172 valence electrons. The van der Waals surface area contributed by atoms with Crippen LogP contribution in [-0.4, -0.2) is 32.2 Å². The summed E-state index contributed by atoms with van der Waals surface area (Å²) < 4.78 is 8.75. The molecule has 9 heteroatoms. The van der Waals surface area contributed by atoms with Crippen molar-refractivity contribution in [2.75, 3.05) is 11.1 Å². The second-order valence-electron chi connectivity index (χ2n) is 7.29. The molecule has 4 rings (SSSR count). The van der Waals surface area contributed by atoms with E-state index in [-0.39, 0.29) is 24.1 Å². The molecular formula is C25H21BrN4O3S. The summed E-state index contributed by atoms with van der Waals surface area (Å²) in [5, 5.41) is 12.0. The van der Waals surface area contributed by atoms with Gasteiger partial charge >= 0.3 is 0 Å². The number of para-hydroxylation sites is 1. The maximum Gasteiger partial charge on any atom is 0.234 e. The molecule has 0 aliphatic heterocycles. The third-order valence-electron chi connectivity index (χ3n) is 4.78. The summed E-state index contributed by atoms with van der Waals surface area (Å²) in [6.45, 7) is 1.71. The molecule has 0 atom stereocenters. The molecule has 1 heterocycles. The molecule has 0 unspecified atom stereocenters. The number of Topliss-reactive ketones (excluding diaryl/α,β-unsaturated/α-hetero) is 1. The van der Waals surface area contributed by atoms with Crippen LogP contribution in [0.4, 0.5) is 5.69 Å². The quantitative estimate of drug-likeness (QED) is 0.223. The number of anilines is 1. The van der Waals surface area contributed by atoms with E-state index in [1.807, 2.05) is 59.2 Å². The number of halogens is 1. The van der Waals surface area contributed by atoms with Crippen molar-refractivity contribution < 1.29 is 14.3 Å². The first-order valence-electron chi connectivity index (χ1n) is 10.4. The molecule has 0 radical (unpaired) electrons. The van der Waals surface area contributed by atoms with Gasteiger partial charge in [-0.1, -0.05) is 58.0 Å². The summed E-state index contributed by atoms with van der Waals surface area (Å²) in [4.78, 5) is 24.1. The van der Waals surface area contributed by atoms with Crippen LogP contribution < -0.4 is 10.1 Å². The molecule has 0 aliphatic rings. The number of amides is 1. The summed E-state index contributed by atoms with van der Waals surface area (Å²) in [6.07, 6.45) is 0.